The molecule has 2 rings (SSSR count). The summed E-state index contributed by atoms with van der Waals surface area (Å²) < 4.78 is 4.94. The Kier molecular flexibility index (Phi) is 5.55. The van der Waals surface area contributed by atoms with E-state index < -0.39 is 0 Å². The monoisotopic (exact) mass is 316 g/mol. The number of carbonyl (C=O) groups is 1. The first-order valence-corrected chi connectivity index (χ1v) is 7.80. The SMILES string of the molecule is COCC(=O)N(Cc1cc2cc(C)ccc2[nH]c1=O)CC(C)C. The zero-order chi connectivity index (χ0) is 17.0. The van der Waals surface area contributed by atoms with Gasteiger partial charge in [0, 0.05) is 24.7 Å². The fourth-order valence-corrected chi connectivity index (χ4v) is 2.60. The van der Waals surface area contributed by atoms with Crippen molar-refractivity contribution < 1.29 is 9.53 Å². The van der Waals surface area contributed by atoms with Gasteiger partial charge in [0.2, 0.25) is 5.91 Å². The standard InChI is InChI=1S/C18H24N2O3/c1-12(2)9-20(17(21)11-23-4)10-15-8-14-7-13(3)5-6-16(14)19-18(15)22/h5-8,12H,9-11H2,1-4H3,(H,19,22). The molecule has 0 saturated carbocycles. The molecule has 1 heterocycles. The number of pyridine rings is 1. The van der Waals surface area contributed by atoms with Gasteiger partial charge in [0.15, 0.2) is 0 Å². The number of nitrogens with one attached hydrogen (secondary N) is 1. The topological polar surface area (TPSA) is 62.4 Å². The minimum atomic E-state index is -0.152. The largest absolute Gasteiger partial charge is 0.375 e. The lowest BCUT2D eigenvalue weighted by molar-refractivity contribution is -0.136. The Bertz CT molecular complexity index is 750. The first-order valence-electron chi connectivity index (χ1n) is 7.80. The highest BCUT2D eigenvalue weighted by molar-refractivity contribution is 5.80. The van der Waals surface area contributed by atoms with Gasteiger partial charge in [-0.1, -0.05) is 25.5 Å². The number of aryl methyl sites for hydroxylation is 1. The average molecular weight is 316 g/mol. The molecule has 0 aliphatic heterocycles. The zero-order valence-electron chi connectivity index (χ0n) is 14.2. The molecule has 1 N–H and O–H groups in total. The van der Waals surface area contributed by atoms with Gasteiger partial charge in [-0.25, -0.2) is 0 Å². The van der Waals surface area contributed by atoms with E-state index in [1.807, 2.05) is 45.0 Å². The van der Waals surface area contributed by atoms with Crippen LogP contribution in [0.2, 0.25) is 0 Å². The Balaban J connectivity index is 2.34. The molecule has 0 atom stereocenters. The molecule has 0 saturated heterocycles. The quantitative estimate of drug-likeness (QED) is 0.890. The number of hydrogen-bond donors (Lipinski definition) is 1. The number of carbonyl (C=O) groups excluding carboxylic acids is 1. The van der Waals surface area contributed by atoms with E-state index in [0.717, 1.165) is 16.5 Å². The van der Waals surface area contributed by atoms with E-state index in [1.54, 1.807) is 4.90 Å². The second-order valence-corrected chi connectivity index (χ2v) is 6.32. The molecule has 124 valence electrons. The zero-order valence-corrected chi connectivity index (χ0v) is 14.2. The maximum atomic E-state index is 12.3. The third-order valence-electron chi connectivity index (χ3n) is 3.64. The maximum Gasteiger partial charge on any atom is 0.253 e. The van der Waals surface area contributed by atoms with Crippen LogP contribution < -0.4 is 5.56 Å². The van der Waals surface area contributed by atoms with Crippen LogP contribution in [0.4, 0.5) is 0 Å². The fraction of sp³-hybridized carbons (Fsp3) is 0.444. The Hall–Kier alpha value is -2.14. The van der Waals surface area contributed by atoms with Crippen molar-refractivity contribution in [3.63, 3.8) is 0 Å². The molecule has 5 nitrogen and oxygen atoms in total. The molecule has 0 fully saturated rings. The van der Waals surface area contributed by atoms with E-state index in [-0.39, 0.29) is 18.1 Å². The Morgan fingerprint density at radius 3 is 2.70 bits per heavy atom. The number of nitrogens with zero attached hydrogens (tertiary/aromatic N) is 1. The number of amides is 1. The van der Waals surface area contributed by atoms with E-state index in [2.05, 4.69) is 4.98 Å². The first kappa shape index (κ1) is 17.2. The number of methoxy groups -OCH3 is 1. The molecular weight excluding hydrogens is 292 g/mol. The first-order chi connectivity index (χ1) is 10.9. The third-order valence-corrected chi connectivity index (χ3v) is 3.64. The second kappa shape index (κ2) is 7.42. The summed E-state index contributed by atoms with van der Waals surface area (Å²) in [5.74, 6) is 0.211. The minimum absolute atomic E-state index is 0.0251. The molecule has 0 bridgehead atoms. The van der Waals surface area contributed by atoms with Crippen LogP contribution in [0.25, 0.3) is 10.9 Å². The van der Waals surface area contributed by atoms with Gasteiger partial charge >= 0.3 is 0 Å². The highest BCUT2D eigenvalue weighted by Gasteiger charge is 2.17. The van der Waals surface area contributed by atoms with Gasteiger partial charge in [0.25, 0.3) is 5.56 Å². The summed E-state index contributed by atoms with van der Waals surface area (Å²) in [5, 5.41) is 0.975. The normalized spacial score (nSPS) is 11.2. The van der Waals surface area contributed by atoms with Crippen molar-refractivity contribution in [2.45, 2.75) is 27.3 Å². The molecule has 1 amide bonds. The number of hydrogen-bond acceptors (Lipinski definition) is 3. The van der Waals surface area contributed by atoms with Crippen molar-refractivity contribution in [3.8, 4) is 0 Å². The van der Waals surface area contributed by atoms with Crippen LogP contribution in [0.15, 0.2) is 29.1 Å². The summed E-state index contributed by atoms with van der Waals surface area (Å²) in [4.78, 5) is 29.1. The number of H-pyrrole nitrogens is 1. The van der Waals surface area contributed by atoms with Gasteiger partial charge in [-0.2, -0.15) is 0 Å². The van der Waals surface area contributed by atoms with Crippen LogP contribution in [0.5, 0.6) is 0 Å². The molecule has 5 heteroatoms. The van der Waals surface area contributed by atoms with Crippen molar-refractivity contribution in [2.75, 3.05) is 20.3 Å². The molecule has 0 spiro atoms. The van der Waals surface area contributed by atoms with Gasteiger partial charge in [-0.15, -0.1) is 0 Å². The molecule has 0 unspecified atom stereocenters. The van der Waals surface area contributed by atoms with E-state index in [9.17, 15) is 9.59 Å². The Morgan fingerprint density at radius 1 is 1.30 bits per heavy atom. The lowest BCUT2D eigenvalue weighted by atomic mass is 10.1. The predicted molar refractivity (Wildman–Crippen MR) is 91.4 cm³/mol. The van der Waals surface area contributed by atoms with Crippen LogP contribution >= 0.6 is 0 Å². The fourth-order valence-electron chi connectivity index (χ4n) is 2.60. The molecule has 1 aromatic carbocycles. The molecule has 23 heavy (non-hydrogen) atoms. The summed E-state index contributed by atoms with van der Waals surface area (Å²) in [6, 6.07) is 7.76. The number of rotatable bonds is 6. The number of benzene rings is 1. The van der Waals surface area contributed by atoms with Crippen LogP contribution in [0.1, 0.15) is 25.0 Å². The average Bonchev–Trinajstić information content (AvgIpc) is 2.47. The van der Waals surface area contributed by atoms with Gasteiger partial charge < -0.3 is 14.6 Å². The number of aromatic nitrogens is 1. The van der Waals surface area contributed by atoms with Crippen LogP contribution in [-0.4, -0.2) is 36.1 Å². The molecule has 0 radical (unpaired) electrons. The minimum Gasteiger partial charge on any atom is -0.375 e. The summed E-state index contributed by atoms with van der Waals surface area (Å²) >= 11 is 0. The van der Waals surface area contributed by atoms with Gasteiger partial charge in [-0.05, 0) is 36.4 Å². The molecule has 0 aliphatic carbocycles. The maximum absolute atomic E-state index is 12.3. The van der Waals surface area contributed by atoms with Gasteiger partial charge in [0.05, 0.1) is 6.54 Å². The number of ether oxygens (including phenoxy) is 1. The highest BCUT2D eigenvalue weighted by atomic mass is 16.5. The van der Waals surface area contributed by atoms with Crippen LogP contribution in [0.3, 0.4) is 0 Å². The van der Waals surface area contributed by atoms with Crippen molar-refractivity contribution >= 4 is 16.8 Å². The van der Waals surface area contributed by atoms with Crippen molar-refractivity contribution in [2.24, 2.45) is 5.92 Å². The van der Waals surface area contributed by atoms with E-state index in [1.165, 1.54) is 7.11 Å². The Labute approximate surface area is 136 Å². The van der Waals surface area contributed by atoms with E-state index in [0.29, 0.717) is 24.6 Å². The highest BCUT2D eigenvalue weighted by Crippen LogP contribution is 2.14. The van der Waals surface area contributed by atoms with Crippen LogP contribution in [0, 0.1) is 12.8 Å². The van der Waals surface area contributed by atoms with Gasteiger partial charge in [-0.3, -0.25) is 9.59 Å². The lowest BCUT2D eigenvalue weighted by Gasteiger charge is -2.24. The van der Waals surface area contributed by atoms with Crippen molar-refractivity contribution in [1.82, 2.24) is 9.88 Å². The van der Waals surface area contributed by atoms with E-state index >= 15 is 0 Å². The molecular formula is C18H24N2O3. The summed E-state index contributed by atoms with van der Waals surface area (Å²) in [7, 11) is 1.50. The smallest absolute Gasteiger partial charge is 0.253 e. The van der Waals surface area contributed by atoms with Gasteiger partial charge in [0.1, 0.15) is 6.61 Å². The lowest BCUT2D eigenvalue weighted by Crippen LogP contribution is -2.37. The summed E-state index contributed by atoms with van der Waals surface area (Å²) in [6.07, 6.45) is 0. The van der Waals surface area contributed by atoms with Crippen molar-refractivity contribution in [1.29, 1.82) is 0 Å². The second-order valence-electron chi connectivity index (χ2n) is 6.32. The number of fused-ring (bicyclic) bond motifs is 1. The van der Waals surface area contributed by atoms with Crippen molar-refractivity contribution in [3.05, 3.63) is 45.7 Å². The molecule has 1 aromatic heterocycles. The van der Waals surface area contributed by atoms with E-state index in [4.69, 9.17) is 4.74 Å². The third kappa shape index (κ3) is 4.42. The molecule has 2 aromatic rings. The summed E-state index contributed by atoms with van der Waals surface area (Å²) in [5.41, 5.74) is 2.38. The molecule has 0 aliphatic rings. The van der Waals surface area contributed by atoms with Crippen LogP contribution in [-0.2, 0) is 16.1 Å². The Morgan fingerprint density at radius 2 is 2.04 bits per heavy atom. The predicted octanol–water partition coefficient (Wildman–Crippen LogP) is 2.47. The summed E-state index contributed by atoms with van der Waals surface area (Å²) in [6.45, 7) is 7.00. The number of aromatic amines is 1.